The molecule has 0 radical (unpaired) electrons. The third-order valence-electron chi connectivity index (χ3n) is 9.42. The van der Waals surface area contributed by atoms with Crippen LogP contribution in [-0.2, 0) is 9.59 Å². The average Bonchev–Trinajstić information content (AvgIpc) is 2.76. The highest BCUT2D eigenvalue weighted by atomic mass is 32.2. The Morgan fingerprint density at radius 1 is 0.677 bits per heavy atom. The number of carbonyl (C=O) groups is 2. The summed E-state index contributed by atoms with van der Waals surface area (Å²) in [4.78, 5) is 26.7. The Kier molecular flexibility index (Phi) is 6.24. The van der Waals surface area contributed by atoms with Gasteiger partial charge >= 0.3 is 6.18 Å². The number of ketones is 2. The predicted octanol–water partition coefficient (Wildman–Crippen LogP) is 6.61. The zero-order valence-corrected chi connectivity index (χ0v) is 19.1. The molecule has 5 aliphatic carbocycles. The fourth-order valence-electron chi connectivity index (χ4n) is 7.86. The Hall–Kier alpha value is -0.520. The van der Waals surface area contributed by atoms with Crippen LogP contribution in [0.1, 0.15) is 83.5 Å². The van der Waals surface area contributed by atoms with E-state index in [-0.39, 0.29) is 41.3 Å². The molecule has 5 saturated carbocycles. The molecule has 0 aromatic carbocycles. The van der Waals surface area contributed by atoms with Crippen LogP contribution < -0.4 is 0 Å². The fourth-order valence-corrected chi connectivity index (χ4v) is 9.78. The molecule has 0 bridgehead atoms. The first-order valence-electron chi connectivity index (χ1n) is 12.6. The van der Waals surface area contributed by atoms with Crippen molar-refractivity contribution >= 4 is 23.3 Å². The molecule has 5 rings (SSSR count). The molecule has 174 valence electrons. The summed E-state index contributed by atoms with van der Waals surface area (Å²) in [5, 5.41) is 0.686. The van der Waals surface area contributed by atoms with Crippen LogP contribution in [0.3, 0.4) is 0 Å². The van der Waals surface area contributed by atoms with Gasteiger partial charge in [-0.3, -0.25) is 9.59 Å². The quantitative estimate of drug-likeness (QED) is 0.469. The number of Topliss-reactive ketones (excluding diaryl/α,β-unsaturated/α-hetero) is 2. The van der Waals surface area contributed by atoms with E-state index in [0.29, 0.717) is 35.6 Å². The summed E-state index contributed by atoms with van der Waals surface area (Å²) >= 11 is 1.94. The van der Waals surface area contributed by atoms with Gasteiger partial charge in [0.2, 0.25) is 0 Å². The van der Waals surface area contributed by atoms with Crippen LogP contribution in [0.25, 0.3) is 0 Å². The summed E-state index contributed by atoms with van der Waals surface area (Å²) < 4.78 is 39.5. The molecule has 5 aliphatic rings. The van der Waals surface area contributed by atoms with Gasteiger partial charge in [-0.25, -0.2) is 0 Å². The van der Waals surface area contributed by atoms with Crippen molar-refractivity contribution in [1.29, 1.82) is 0 Å². The maximum absolute atomic E-state index is 13.5. The number of thioether (sulfide) groups is 1. The molecular formula is C25H35F3O2S. The lowest BCUT2D eigenvalue weighted by atomic mass is 9.58. The monoisotopic (exact) mass is 456 g/mol. The summed E-state index contributed by atoms with van der Waals surface area (Å²) in [5.74, 6) is 0.0995. The third kappa shape index (κ3) is 4.24. The van der Waals surface area contributed by atoms with Gasteiger partial charge < -0.3 is 0 Å². The van der Waals surface area contributed by atoms with Gasteiger partial charge in [0.1, 0.15) is 11.6 Å². The van der Waals surface area contributed by atoms with Crippen molar-refractivity contribution in [3.63, 3.8) is 0 Å². The highest BCUT2D eigenvalue weighted by Crippen LogP contribution is 2.53. The molecule has 5 fully saturated rings. The molecule has 0 spiro atoms. The molecule has 0 aromatic rings. The van der Waals surface area contributed by atoms with Gasteiger partial charge in [-0.05, 0) is 76.0 Å². The Bertz CT molecular complexity index is 707. The standard InChI is InChI=1S/C25H35F3O2S/c26-25(27,28)16-10-8-15-13-17(11-9-14(15)12-16)31-21-7-3-6-20-22(21)24(30)19-5-2-1-4-18(19)23(20)29/h14-22H,1-13H2. The van der Waals surface area contributed by atoms with Crippen LogP contribution in [0, 0.1) is 41.4 Å². The van der Waals surface area contributed by atoms with Gasteiger partial charge in [0.25, 0.3) is 0 Å². The predicted molar refractivity (Wildman–Crippen MR) is 116 cm³/mol. The first-order chi connectivity index (χ1) is 14.8. The summed E-state index contributed by atoms with van der Waals surface area (Å²) in [7, 11) is 0. The van der Waals surface area contributed by atoms with Crippen molar-refractivity contribution in [2.45, 2.75) is 100 Å². The van der Waals surface area contributed by atoms with E-state index < -0.39 is 12.1 Å². The van der Waals surface area contributed by atoms with Crippen molar-refractivity contribution in [3.8, 4) is 0 Å². The van der Waals surface area contributed by atoms with E-state index in [1.54, 1.807) is 0 Å². The molecule has 0 aliphatic heterocycles. The van der Waals surface area contributed by atoms with Crippen LogP contribution in [0.5, 0.6) is 0 Å². The lowest BCUT2D eigenvalue weighted by molar-refractivity contribution is -0.190. The average molecular weight is 457 g/mol. The summed E-state index contributed by atoms with van der Waals surface area (Å²) in [6, 6.07) is 0. The topological polar surface area (TPSA) is 34.1 Å². The molecule has 9 unspecified atom stereocenters. The molecule has 0 amide bonds. The zero-order valence-electron chi connectivity index (χ0n) is 18.2. The minimum absolute atomic E-state index is 0.00879. The largest absolute Gasteiger partial charge is 0.391 e. The molecule has 0 aromatic heterocycles. The number of fused-ring (bicyclic) bond motifs is 3. The van der Waals surface area contributed by atoms with E-state index in [1.807, 2.05) is 11.8 Å². The molecule has 0 N–H and O–H groups in total. The van der Waals surface area contributed by atoms with Gasteiger partial charge in [0, 0.05) is 34.2 Å². The van der Waals surface area contributed by atoms with Crippen LogP contribution in [0.15, 0.2) is 0 Å². The second-order valence-corrected chi connectivity index (χ2v) is 12.6. The maximum atomic E-state index is 13.5. The molecule has 6 heteroatoms. The summed E-state index contributed by atoms with van der Waals surface area (Å²) in [5.41, 5.74) is 0. The number of alkyl halides is 3. The first kappa shape index (κ1) is 22.3. The zero-order chi connectivity index (χ0) is 21.8. The van der Waals surface area contributed by atoms with Crippen molar-refractivity contribution in [3.05, 3.63) is 0 Å². The lowest BCUT2D eigenvalue weighted by Gasteiger charge is -2.48. The highest BCUT2D eigenvalue weighted by Gasteiger charge is 2.54. The van der Waals surface area contributed by atoms with Crippen LogP contribution in [0.4, 0.5) is 13.2 Å². The molecule has 9 atom stereocenters. The number of hydrogen-bond donors (Lipinski definition) is 0. The van der Waals surface area contributed by atoms with E-state index in [0.717, 1.165) is 64.2 Å². The van der Waals surface area contributed by atoms with Crippen LogP contribution in [0.2, 0.25) is 0 Å². The van der Waals surface area contributed by atoms with Crippen LogP contribution >= 0.6 is 11.8 Å². The van der Waals surface area contributed by atoms with Gasteiger partial charge in [0.05, 0.1) is 5.92 Å². The molecular weight excluding hydrogens is 421 g/mol. The fraction of sp³-hybridized carbons (Fsp3) is 0.920. The maximum Gasteiger partial charge on any atom is 0.391 e. The number of rotatable bonds is 2. The van der Waals surface area contributed by atoms with Crippen molar-refractivity contribution in [2.75, 3.05) is 0 Å². The molecule has 2 nitrogen and oxygen atoms in total. The van der Waals surface area contributed by atoms with E-state index in [4.69, 9.17) is 0 Å². The minimum Gasteiger partial charge on any atom is -0.299 e. The molecule has 0 heterocycles. The van der Waals surface area contributed by atoms with E-state index in [9.17, 15) is 22.8 Å². The normalized spacial score (nSPS) is 46.1. The highest BCUT2D eigenvalue weighted by molar-refractivity contribution is 8.00. The minimum atomic E-state index is -4.04. The van der Waals surface area contributed by atoms with Crippen molar-refractivity contribution < 1.29 is 22.8 Å². The molecule has 0 saturated heterocycles. The van der Waals surface area contributed by atoms with Crippen LogP contribution in [-0.4, -0.2) is 28.2 Å². The second kappa shape index (κ2) is 8.68. The van der Waals surface area contributed by atoms with E-state index in [2.05, 4.69) is 0 Å². The third-order valence-corrected chi connectivity index (χ3v) is 11.1. The summed E-state index contributed by atoms with van der Waals surface area (Å²) in [6.07, 6.45) is 6.99. The smallest absolute Gasteiger partial charge is 0.299 e. The van der Waals surface area contributed by atoms with Crippen molar-refractivity contribution in [1.82, 2.24) is 0 Å². The first-order valence-corrected chi connectivity index (χ1v) is 13.6. The van der Waals surface area contributed by atoms with Gasteiger partial charge in [-0.1, -0.05) is 19.3 Å². The van der Waals surface area contributed by atoms with E-state index in [1.165, 1.54) is 0 Å². The second-order valence-electron chi connectivity index (χ2n) is 11.0. The summed E-state index contributed by atoms with van der Waals surface area (Å²) in [6.45, 7) is 0. The number of hydrogen-bond acceptors (Lipinski definition) is 3. The molecule has 31 heavy (non-hydrogen) atoms. The Balaban J connectivity index is 1.24. The number of carbonyl (C=O) groups excluding carboxylic acids is 2. The Morgan fingerprint density at radius 2 is 1.32 bits per heavy atom. The Morgan fingerprint density at radius 3 is 2.06 bits per heavy atom. The van der Waals surface area contributed by atoms with Gasteiger partial charge in [0.15, 0.2) is 0 Å². The van der Waals surface area contributed by atoms with Crippen molar-refractivity contribution in [2.24, 2.45) is 41.4 Å². The van der Waals surface area contributed by atoms with E-state index >= 15 is 0 Å². The van der Waals surface area contributed by atoms with Gasteiger partial charge in [-0.15, -0.1) is 0 Å². The van der Waals surface area contributed by atoms with Gasteiger partial charge in [-0.2, -0.15) is 24.9 Å². The Labute approximate surface area is 187 Å². The lowest BCUT2D eigenvalue weighted by Crippen LogP contribution is -2.53. The SMILES string of the molecule is O=C1C2CCCCC2C(=O)C2C(SC3CCC4CC(C(F)(F)F)CCC4C3)CCCC12. The number of halogens is 3.